The molecule has 0 aliphatic carbocycles. The van der Waals surface area contributed by atoms with Crippen molar-refractivity contribution in [3.63, 3.8) is 0 Å². The second-order valence-corrected chi connectivity index (χ2v) is 7.98. The minimum atomic E-state index is -3.53. The lowest BCUT2D eigenvalue weighted by molar-refractivity contribution is -0.114. The van der Waals surface area contributed by atoms with E-state index in [1.54, 1.807) is 26.0 Å². The lowest BCUT2D eigenvalue weighted by atomic mass is 10.1. The van der Waals surface area contributed by atoms with E-state index in [1.165, 1.54) is 23.5 Å². The Bertz CT molecular complexity index is 952. The molecule has 0 spiro atoms. The molecule has 2 N–H and O–H groups in total. The van der Waals surface area contributed by atoms with Crippen molar-refractivity contribution in [1.29, 1.82) is 0 Å². The van der Waals surface area contributed by atoms with Gasteiger partial charge in [0.25, 0.3) is 0 Å². The van der Waals surface area contributed by atoms with Crippen LogP contribution < -0.4 is 10.7 Å². The Balaban J connectivity index is 2.13. The van der Waals surface area contributed by atoms with Crippen LogP contribution in [0.15, 0.2) is 52.6 Å². The molecule has 0 saturated carbocycles. The van der Waals surface area contributed by atoms with Crippen LogP contribution in [0.3, 0.4) is 0 Å². The quantitative estimate of drug-likeness (QED) is 0.521. The van der Waals surface area contributed by atoms with Gasteiger partial charge >= 0.3 is 0 Å². The maximum Gasteiger partial charge on any atom is 0.244 e. The third-order valence-electron chi connectivity index (χ3n) is 4.02. The van der Waals surface area contributed by atoms with Crippen LogP contribution >= 0.6 is 0 Å². The fraction of sp³-hybridized carbons (Fsp3) is 0.316. The smallest absolute Gasteiger partial charge is 0.244 e. The summed E-state index contributed by atoms with van der Waals surface area (Å²) in [5.41, 5.74) is 5.03. The van der Waals surface area contributed by atoms with Crippen molar-refractivity contribution < 1.29 is 13.2 Å². The van der Waals surface area contributed by atoms with E-state index in [-0.39, 0.29) is 10.8 Å². The number of anilines is 2. The standard InChI is InChI=1S/C19H25N5O3S/c1-5-24(6-2)28(26,27)18-10-11-19(20-13-18)23-22-14(3)16-8-7-9-17(12-16)21-15(4)25/h7-13H,5-6H2,1-4H3,(H,20,23)(H,21,25)/b22-14+. The van der Waals surface area contributed by atoms with E-state index in [2.05, 4.69) is 20.8 Å². The maximum atomic E-state index is 12.5. The second kappa shape index (κ2) is 9.43. The number of carbonyl (C=O) groups is 1. The van der Waals surface area contributed by atoms with Crippen LogP contribution in [0.2, 0.25) is 0 Å². The monoisotopic (exact) mass is 403 g/mol. The Labute approximate surface area is 165 Å². The Morgan fingerprint density at radius 3 is 2.43 bits per heavy atom. The molecule has 0 aliphatic rings. The molecule has 0 saturated heterocycles. The molecule has 0 radical (unpaired) electrons. The normalized spacial score (nSPS) is 12.1. The summed E-state index contributed by atoms with van der Waals surface area (Å²) in [5, 5.41) is 7.00. The molecule has 9 heteroatoms. The first kappa shape index (κ1) is 21.5. The largest absolute Gasteiger partial charge is 0.326 e. The van der Waals surface area contributed by atoms with Crippen molar-refractivity contribution in [2.24, 2.45) is 5.10 Å². The average molecular weight is 404 g/mol. The molecule has 1 aromatic carbocycles. The third-order valence-corrected chi connectivity index (χ3v) is 6.05. The van der Waals surface area contributed by atoms with Gasteiger partial charge in [-0.05, 0) is 36.8 Å². The van der Waals surface area contributed by atoms with Crippen LogP contribution in [0, 0.1) is 0 Å². The summed E-state index contributed by atoms with van der Waals surface area (Å²) in [5.74, 6) is 0.282. The predicted octanol–water partition coefficient (Wildman–Crippen LogP) is 2.91. The predicted molar refractivity (Wildman–Crippen MR) is 111 cm³/mol. The van der Waals surface area contributed by atoms with Crippen molar-refractivity contribution in [1.82, 2.24) is 9.29 Å². The van der Waals surface area contributed by atoms with E-state index in [4.69, 9.17) is 0 Å². The molecule has 1 amide bonds. The van der Waals surface area contributed by atoms with Crippen LogP contribution in [0.5, 0.6) is 0 Å². The van der Waals surface area contributed by atoms with E-state index in [1.807, 2.05) is 25.1 Å². The van der Waals surface area contributed by atoms with Gasteiger partial charge in [-0.15, -0.1) is 0 Å². The number of amides is 1. The topological polar surface area (TPSA) is 104 Å². The first-order valence-electron chi connectivity index (χ1n) is 8.92. The molecular formula is C19H25N5O3S. The first-order valence-corrected chi connectivity index (χ1v) is 10.4. The number of hydrazone groups is 1. The lowest BCUT2D eigenvalue weighted by Gasteiger charge is -2.18. The number of benzene rings is 1. The van der Waals surface area contributed by atoms with Gasteiger partial charge in [0.15, 0.2) is 0 Å². The van der Waals surface area contributed by atoms with Crippen molar-refractivity contribution in [2.75, 3.05) is 23.8 Å². The number of nitrogens with one attached hydrogen (secondary N) is 2. The molecular weight excluding hydrogens is 378 g/mol. The first-order chi connectivity index (χ1) is 13.3. The Morgan fingerprint density at radius 1 is 1.14 bits per heavy atom. The number of rotatable bonds is 8. The number of nitrogens with zero attached hydrogens (tertiary/aromatic N) is 3. The van der Waals surface area contributed by atoms with E-state index in [0.717, 1.165) is 5.56 Å². The zero-order valence-corrected chi connectivity index (χ0v) is 17.2. The van der Waals surface area contributed by atoms with Gasteiger partial charge in [0.05, 0.1) is 5.71 Å². The summed E-state index contributed by atoms with van der Waals surface area (Å²) < 4.78 is 26.3. The van der Waals surface area contributed by atoms with Gasteiger partial charge < -0.3 is 5.32 Å². The maximum absolute atomic E-state index is 12.5. The highest BCUT2D eigenvalue weighted by Crippen LogP contribution is 2.16. The van der Waals surface area contributed by atoms with Gasteiger partial charge in [0.2, 0.25) is 15.9 Å². The molecule has 150 valence electrons. The number of aromatic nitrogens is 1. The van der Waals surface area contributed by atoms with Gasteiger partial charge in [-0.1, -0.05) is 26.0 Å². The van der Waals surface area contributed by atoms with Crippen molar-refractivity contribution in [3.8, 4) is 0 Å². The molecule has 2 rings (SSSR count). The number of sulfonamides is 1. The molecule has 1 aromatic heterocycles. The SMILES string of the molecule is CCN(CC)S(=O)(=O)c1ccc(N/N=C(\C)c2cccc(NC(C)=O)c2)nc1. The molecule has 2 aromatic rings. The zero-order valence-electron chi connectivity index (χ0n) is 16.4. The van der Waals surface area contributed by atoms with E-state index in [0.29, 0.717) is 30.3 Å². The highest BCUT2D eigenvalue weighted by atomic mass is 32.2. The summed E-state index contributed by atoms with van der Waals surface area (Å²) in [4.78, 5) is 15.5. The number of pyridine rings is 1. The molecule has 28 heavy (non-hydrogen) atoms. The van der Waals surface area contributed by atoms with Crippen molar-refractivity contribution in [3.05, 3.63) is 48.2 Å². The van der Waals surface area contributed by atoms with E-state index < -0.39 is 10.0 Å². The van der Waals surface area contributed by atoms with Crippen LogP contribution in [-0.4, -0.2) is 42.4 Å². The molecule has 0 aliphatic heterocycles. The number of hydrogen-bond acceptors (Lipinski definition) is 6. The molecule has 1 heterocycles. The fourth-order valence-electron chi connectivity index (χ4n) is 2.54. The van der Waals surface area contributed by atoms with Gasteiger partial charge in [-0.3, -0.25) is 10.2 Å². The van der Waals surface area contributed by atoms with E-state index in [9.17, 15) is 13.2 Å². The summed E-state index contributed by atoms with van der Waals surface area (Å²) in [6.07, 6.45) is 1.32. The van der Waals surface area contributed by atoms with Crippen LogP contribution in [0.25, 0.3) is 0 Å². The van der Waals surface area contributed by atoms with Gasteiger partial charge in [-0.25, -0.2) is 13.4 Å². The molecule has 0 atom stereocenters. The summed E-state index contributed by atoms with van der Waals surface area (Å²) in [7, 11) is -3.53. The van der Waals surface area contributed by atoms with Crippen molar-refractivity contribution in [2.45, 2.75) is 32.6 Å². The molecule has 0 bridgehead atoms. The lowest BCUT2D eigenvalue weighted by Crippen LogP contribution is -2.30. The summed E-state index contributed by atoms with van der Waals surface area (Å²) >= 11 is 0. The minimum Gasteiger partial charge on any atom is -0.326 e. The van der Waals surface area contributed by atoms with Crippen LogP contribution in [0.4, 0.5) is 11.5 Å². The molecule has 0 fully saturated rings. The van der Waals surface area contributed by atoms with Gasteiger partial charge in [0.1, 0.15) is 10.7 Å². The summed E-state index contributed by atoms with van der Waals surface area (Å²) in [6, 6.07) is 10.4. The van der Waals surface area contributed by atoms with E-state index >= 15 is 0 Å². The fourth-order valence-corrected chi connectivity index (χ4v) is 3.95. The Hall–Kier alpha value is -2.78. The highest BCUT2D eigenvalue weighted by molar-refractivity contribution is 7.89. The number of carbonyl (C=O) groups excluding carboxylic acids is 1. The Kier molecular flexibility index (Phi) is 7.24. The second-order valence-electron chi connectivity index (χ2n) is 6.04. The molecule has 0 unspecified atom stereocenters. The highest BCUT2D eigenvalue weighted by Gasteiger charge is 2.21. The zero-order chi connectivity index (χ0) is 20.7. The van der Waals surface area contributed by atoms with Gasteiger partial charge in [-0.2, -0.15) is 9.41 Å². The Morgan fingerprint density at radius 2 is 1.86 bits per heavy atom. The summed E-state index contributed by atoms with van der Waals surface area (Å²) in [6.45, 7) is 7.66. The van der Waals surface area contributed by atoms with Crippen molar-refractivity contribution >= 4 is 33.1 Å². The van der Waals surface area contributed by atoms with Crippen LogP contribution in [-0.2, 0) is 14.8 Å². The number of hydrogen-bond donors (Lipinski definition) is 2. The van der Waals surface area contributed by atoms with Crippen LogP contribution in [0.1, 0.15) is 33.3 Å². The third kappa shape index (κ3) is 5.37. The minimum absolute atomic E-state index is 0.144. The molecule has 8 nitrogen and oxygen atoms in total. The average Bonchev–Trinajstić information content (AvgIpc) is 2.67. The van der Waals surface area contributed by atoms with Gasteiger partial charge in [0, 0.05) is 31.9 Å².